The highest BCUT2D eigenvalue weighted by Crippen LogP contribution is 2.23. The summed E-state index contributed by atoms with van der Waals surface area (Å²) in [5.41, 5.74) is 1.98. The van der Waals surface area contributed by atoms with Gasteiger partial charge in [-0.25, -0.2) is 4.39 Å². The Bertz CT molecular complexity index is 672. The number of morpholine rings is 1. The molecule has 1 atom stereocenters. The molecule has 3 rings (SSSR count). The van der Waals surface area contributed by atoms with Gasteiger partial charge in [-0.2, -0.15) is 0 Å². The van der Waals surface area contributed by atoms with E-state index in [0.29, 0.717) is 30.8 Å². The van der Waals surface area contributed by atoms with Crippen molar-refractivity contribution in [2.24, 2.45) is 0 Å². The Kier molecular flexibility index (Phi) is 4.20. The normalized spacial score (nSPS) is 18.3. The molecule has 0 aliphatic carbocycles. The van der Waals surface area contributed by atoms with Gasteiger partial charge in [0.15, 0.2) is 0 Å². The van der Waals surface area contributed by atoms with Crippen LogP contribution in [0.25, 0.3) is 0 Å². The molecule has 0 spiro atoms. The third kappa shape index (κ3) is 3.02. The molecule has 114 valence electrons. The van der Waals surface area contributed by atoms with E-state index in [4.69, 9.17) is 4.74 Å². The van der Waals surface area contributed by atoms with E-state index in [1.807, 2.05) is 30.3 Å². The second kappa shape index (κ2) is 6.28. The molecule has 1 saturated heterocycles. The molecule has 0 saturated carbocycles. The van der Waals surface area contributed by atoms with Crippen LogP contribution in [0.1, 0.15) is 27.6 Å². The maximum Gasteiger partial charge on any atom is 0.254 e. The molecule has 2 aromatic carbocycles. The number of rotatable bonds is 2. The van der Waals surface area contributed by atoms with E-state index in [1.54, 1.807) is 24.0 Å². The van der Waals surface area contributed by atoms with Crippen LogP contribution >= 0.6 is 0 Å². The van der Waals surface area contributed by atoms with E-state index in [1.165, 1.54) is 6.07 Å². The number of carbonyl (C=O) groups is 1. The lowest BCUT2D eigenvalue weighted by Gasteiger charge is -2.33. The molecular weight excluding hydrogens is 281 g/mol. The predicted molar refractivity (Wildman–Crippen MR) is 82.2 cm³/mol. The Labute approximate surface area is 129 Å². The van der Waals surface area contributed by atoms with Gasteiger partial charge in [0.25, 0.3) is 5.91 Å². The van der Waals surface area contributed by atoms with Crippen molar-refractivity contribution in [3.8, 4) is 0 Å². The van der Waals surface area contributed by atoms with Crippen molar-refractivity contribution in [1.82, 2.24) is 4.90 Å². The van der Waals surface area contributed by atoms with Crippen molar-refractivity contribution in [2.75, 3.05) is 19.7 Å². The van der Waals surface area contributed by atoms with E-state index in [0.717, 1.165) is 5.56 Å². The third-order valence-electron chi connectivity index (χ3n) is 3.94. The molecule has 1 fully saturated rings. The van der Waals surface area contributed by atoms with Crippen molar-refractivity contribution in [1.29, 1.82) is 0 Å². The standard InChI is InChI=1S/C18H18FNO2/c1-13-7-8-15(11-16(13)19)18(21)20-9-10-22-17(12-20)14-5-3-2-4-6-14/h2-8,11,17H,9-10,12H2,1H3/t17-/m0/s1. The summed E-state index contributed by atoms with van der Waals surface area (Å²) in [6, 6.07) is 14.5. The number of benzene rings is 2. The quantitative estimate of drug-likeness (QED) is 0.851. The molecule has 0 unspecified atom stereocenters. The number of amides is 1. The van der Waals surface area contributed by atoms with Gasteiger partial charge in [0.05, 0.1) is 13.2 Å². The first-order chi connectivity index (χ1) is 10.6. The maximum absolute atomic E-state index is 13.7. The molecule has 1 heterocycles. The average Bonchev–Trinajstić information content (AvgIpc) is 2.57. The first kappa shape index (κ1) is 14.7. The van der Waals surface area contributed by atoms with Gasteiger partial charge in [0.1, 0.15) is 11.9 Å². The highest BCUT2D eigenvalue weighted by atomic mass is 19.1. The summed E-state index contributed by atoms with van der Waals surface area (Å²) in [4.78, 5) is 14.3. The Morgan fingerprint density at radius 2 is 2.00 bits per heavy atom. The molecule has 1 amide bonds. The van der Waals surface area contributed by atoms with E-state index >= 15 is 0 Å². The number of aryl methyl sites for hydroxylation is 1. The van der Waals surface area contributed by atoms with Crippen molar-refractivity contribution in [3.63, 3.8) is 0 Å². The molecule has 1 aliphatic rings. The SMILES string of the molecule is Cc1ccc(C(=O)N2CCO[C@H](c3ccccc3)C2)cc1F. The first-order valence-electron chi connectivity index (χ1n) is 7.37. The van der Waals surface area contributed by atoms with Crippen LogP contribution in [-0.4, -0.2) is 30.5 Å². The fourth-order valence-electron chi connectivity index (χ4n) is 2.61. The van der Waals surface area contributed by atoms with Crippen LogP contribution in [0.4, 0.5) is 4.39 Å². The molecule has 3 nitrogen and oxygen atoms in total. The fourth-order valence-corrected chi connectivity index (χ4v) is 2.61. The van der Waals surface area contributed by atoms with Gasteiger partial charge in [-0.15, -0.1) is 0 Å². The Balaban J connectivity index is 1.76. The smallest absolute Gasteiger partial charge is 0.254 e. The average molecular weight is 299 g/mol. The minimum atomic E-state index is -0.348. The number of nitrogens with zero attached hydrogens (tertiary/aromatic N) is 1. The highest BCUT2D eigenvalue weighted by Gasteiger charge is 2.26. The maximum atomic E-state index is 13.7. The van der Waals surface area contributed by atoms with Crippen LogP contribution in [-0.2, 0) is 4.74 Å². The van der Waals surface area contributed by atoms with Crippen molar-refractivity contribution >= 4 is 5.91 Å². The molecule has 2 aromatic rings. The summed E-state index contributed by atoms with van der Waals surface area (Å²) >= 11 is 0. The van der Waals surface area contributed by atoms with E-state index in [9.17, 15) is 9.18 Å². The van der Waals surface area contributed by atoms with Crippen LogP contribution in [0.5, 0.6) is 0 Å². The monoisotopic (exact) mass is 299 g/mol. The molecule has 22 heavy (non-hydrogen) atoms. The summed E-state index contributed by atoms with van der Waals surface area (Å²) in [5.74, 6) is -0.498. The second-order valence-electron chi connectivity index (χ2n) is 5.49. The summed E-state index contributed by atoms with van der Waals surface area (Å²) in [5, 5.41) is 0. The van der Waals surface area contributed by atoms with E-state index in [-0.39, 0.29) is 17.8 Å². The van der Waals surface area contributed by atoms with Crippen LogP contribution in [0.2, 0.25) is 0 Å². The lowest BCUT2D eigenvalue weighted by atomic mass is 10.1. The second-order valence-corrected chi connectivity index (χ2v) is 5.49. The third-order valence-corrected chi connectivity index (χ3v) is 3.94. The lowest BCUT2D eigenvalue weighted by Crippen LogP contribution is -2.42. The topological polar surface area (TPSA) is 29.5 Å². The van der Waals surface area contributed by atoms with Gasteiger partial charge >= 0.3 is 0 Å². The Hall–Kier alpha value is -2.20. The minimum absolute atomic E-state index is 0.130. The lowest BCUT2D eigenvalue weighted by molar-refractivity contribution is -0.0228. The van der Waals surface area contributed by atoms with E-state index in [2.05, 4.69) is 0 Å². The Morgan fingerprint density at radius 1 is 1.23 bits per heavy atom. The van der Waals surface area contributed by atoms with Crippen molar-refractivity contribution < 1.29 is 13.9 Å². The zero-order chi connectivity index (χ0) is 15.5. The van der Waals surface area contributed by atoms with Gasteiger partial charge in [-0.3, -0.25) is 4.79 Å². The highest BCUT2D eigenvalue weighted by molar-refractivity contribution is 5.94. The largest absolute Gasteiger partial charge is 0.370 e. The first-order valence-corrected chi connectivity index (χ1v) is 7.37. The van der Waals surface area contributed by atoms with Gasteiger partial charge in [-0.05, 0) is 30.2 Å². The van der Waals surface area contributed by atoms with Crippen molar-refractivity contribution in [2.45, 2.75) is 13.0 Å². The molecule has 1 aliphatic heterocycles. The number of ether oxygens (including phenoxy) is 1. The minimum Gasteiger partial charge on any atom is -0.370 e. The number of hydrogen-bond donors (Lipinski definition) is 0. The summed E-state index contributed by atoms with van der Waals surface area (Å²) in [6.45, 7) is 3.18. The van der Waals surface area contributed by atoms with Gasteiger partial charge in [-0.1, -0.05) is 36.4 Å². The zero-order valence-corrected chi connectivity index (χ0v) is 12.5. The van der Waals surface area contributed by atoms with Gasteiger partial charge in [0.2, 0.25) is 0 Å². The van der Waals surface area contributed by atoms with Crippen LogP contribution in [0, 0.1) is 12.7 Å². The fraction of sp³-hybridized carbons (Fsp3) is 0.278. The van der Waals surface area contributed by atoms with Crippen molar-refractivity contribution in [3.05, 3.63) is 71.0 Å². The summed E-state index contributed by atoms with van der Waals surface area (Å²) in [6.07, 6.45) is -0.130. The molecule has 0 bridgehead atoms. The number of hydrogen-bond acceptors (Lipinski definition) is 2. The molecular formula is C18H18FNO2. The number of carbonyl (C=O) groups excluding carboxylic acids is 1. The van der Waals surface area contributed by atoms with E-state index < -0.39 is 0 Å². The zero-order valence-electron chi connectivity index (χ0n) is 12.5. The Morgan fingerprint density at radius 3 is 2.73 bits per heavy atom. The molecule has 4 heteroatoms. The van der Waals surface area contributed by atoms with Gasteiger partial charge in [0, 0.05) is 12.1 Å². The summed E-state index contributed by atoms with van der Waals surface area (Å²) < 4.78 is 19.4. The van der Waals surface area contributed by atoms with Gasteiger partial charge < -0.3 is 9.64 Å². The predicted octanol–water partition coefficient (Wildman–Crippen LogP) is 3.35. The molecule has 0 radical (unpaired) electrons. The molecule has 0 aromatic heterocycles. The summed E-state index contributed by atoms with van der Waals surface area (Å²) in [7, 11) is 0. The van der Waals surface area contributed by atoms with Crippen LogP contribution in [0.3, 0.4) is 0 Å². The van der Waals surface area contributed by atoms with Crippen LogP contribution < -0.4 is 0 Å². The number of halogens is 1. The molecule has 0 N–H and O–H groups in total. The van der Waals surface area contributed by atoms with Crippen LogP contribution in [0.15, 0.2) is 48.5 Å².